The standard InChI is InChI=1S/C14H20BrNO4/c1-17-5-6-18-4-2-3-16-9-11-7-13-14(8-12(11)15)20-10-19-13/h7-8,16H,2-6,9-10H2,1H3. The van der Waals surface area contributed by atoms with E-state index < -0.39 is 0 Å². The topological polar surface area (TPSA) is 49.0 Å². The molecule has 0 bridgehead atoms. The minimum Gasteiger partial charge on any atom is -0.454 e. The van der Waals surface area contributed by atoms with Crippen molar-refractivity contribution in [3.63, 3.8) is 0 Å². The van der Waals surface area contributed by atoms with Gasteiger partial charge >= 0.3 is 0 Å². The number of methoxy groups -OCH3 is 1. The number of benzene rings is 1. The molecule has 6 heteroatoms. The predicted octanol–water partition coefficient (Wildman–Crippen LogP) is 2.32. The molecule has 1 N–H and O–H groups in total. The Morgan fingerprint density at radius 2 is 2.00 bits per heavy atom. The third-order valence-corrected chi connectivity index (χ3v) is 3.67. The number of ether oxygens (including phenoxy) is 4. The fraction of sp³-hybridized carbons (Fsp3) is 0.571. The first-order valence-corrected chi connectivity index (χ1v) is 7.46. The largest absolute Gasteiger partial charge is 0.454 e. The molecular weight excluding hydrogens is 326 g/mol. The quantitative estimate of drug-likeness (QED) is 0.696. The van der Waals surface area contributed by atoms with Gasteiger partial charge in [0, 0.05) is 24.7 Å². The van der Waals surface area contributed by atoms with Crippen LogP contribution in [0.1, 0.15) is 12.0 Å². The van der Waals surface area contributed by atoms with E-state index in [1.807, 2.05) is 12.1 Å². The minimum atomic E-state index is 0.303. The van der Waals surface area contributed by atoms with Gasteiger partial charge in [-0.2, -0.15) is 0 Å². The summed E-state index contributed by atoms with van der Waals surface area (Å²) in [4.78, 5) is 0. The lowest BCUT2D eigenvalue weighted by Gasteiger charge is -2.08. The maximum absolute atomic E-state index is 5.40. The highest BCUT2D eigenvalue weighted by atomic mass is 79.9. The fourth-order valence-corrected chi connectivity index (χ4v) is 2.32. The van der Waals surface area contributed by atoms with E-state index in [2.05, 4.69) is 21.2 Å². The van der Waals surface area contributed by atoms with Gasteiger partial charge in [0.25, 0.3) is 0 Å². The van der Waals surface area contributed by atoms with E-state index in [1.54, 1.807) is 7.11 Å². The summed E-state index contributed by atoms with van der Waals surface area (Å²) in [6, 6.07) is 3.96. The summed E-state index contributed by atoms with van der Waals surface area (Å²) in [6.07, 6.45) is 0.978. The summed E-state index contributed by atoms with van der Waals surface area (Å²) in [6.45, 7) is 4.06. The summed E-state index contributed by atoms with van der Waals surface area (Å²) in [5, 5.41) is 3.39. The number of nitrogens with one attached hydrogen (secondary N) is 1. The molecule has 2 rings (SSSR count). The van der Waals surface area contributed by atoms with Gasteiger partial charge in [0.15, 0.2) is 11.5 Å². The van der Waals surface area contributed by atoms with Gasteiger partial charge in [-0.25, -0.2) is 0 Å². The Hall–Kier alpha value is -0.820. The Morgan fingerprint density at radius 1 is 1.20 bits per heavy atom. The molecule has 20 heavy (non-hydrogen) atoms. The fourth-order valence-electron chi connectivity index (χ4n) is 1.86. The first-order chi connectivity index (χ1) is 9.81. The van der Waals surface area contributed by atoms with Gasteiger partial charge < -0.3 is 24.3 Å². The molecule has 0 spiro atoms. The van der Waals surface area contributed by atoms with E-state index in [0.717, 1.165) is 47.7 Å². The highest BCUT2D eigenvalue weighted by Gasteiger charge is 2.15. The van der Waals surface area contributed by atoms with Crippen LogP contribution in [0.3, 0.4) is 0 Å². The van der Waals surface area contributed by atoms with Crippen molar-refractivity contribution in [2.45, 2.75) is 13.0 Å². The number of hydrogen-bond donors (Lipinski definition) is 1. The molecule has 0 aromatic heterocycles. The lowest BCUT2D eigenvalue weighted by atomic mass is 10.2. The number of halogens is 1. The Kier molecular flexibility index (Phi) is 6.59. The van der Waals surface area contributed by atoms with Crippen LogP contribution in [0.4, 0.5) is 0 Å². The summed E-state index contributed by atoms with van der Waals surface area (Å²) >= 11 is 3.55. The molecule has 0 aliphatic carbocycles. The lowest BCUT2D eigenvalue weighted by molar-refractivity contribution is 0.0695. The van der Waals surface area contributed by atoms with Gasteiger partial charge in [0.2, 0.25) is 6.79 Å². The molecule has 112 valence electrons. The SMILES string of the molecule is COCCOCCCNCc1cc2c(cc1Br)OCO2. The zero-order chi connectivity index (χ0) is 14.2. The molecule has 0 amide bonds. The van der Waals surface area contributed by atoms with Crippen molar-refractivity contribution in [3.8, 4) is 11.5 Å². The summed E-state index contributed by atoms with van der Waals surface area (Å²) < 4.78 is 22.0. The van der Waals surface area contributed by atoms with Gasteiger partial charge in [0.1, 0.15) is 0 Å². The molecule has 1 heterocycles. The van der Waals surface area contributed by atoms with Crippen molar-refractivity contribution in [3.05, 3.63) is 22.2 Å². The maximum atomic E-state index is 5.40. The third-order valence-electron chi connectivity index (χ3n) is 2.93. The molecule has 1 aliphatic heterocycles. The van der Waals surface area contributed by atoms with Crippen molar-refractivity contribution >= 4 is 15.9 Å². The predicted molar refractivity (Wildman–Crippen MR) is 79.3 cm³/mol. The van der Waals surface area contributed by atoms with Gasteiger partial charge in [-0.15, -0.1) is 0 Å². The minimum absolute atomic E-state index is 0.303. The second-order valence-electron chi connectivity index (χ2n) is 4.43. The second kappa shape index (κ2) is 8.46. The van der Waals surface area contributed by atoms with Crippen molar-refractivity contribution in [1.82, 2.24) is 5.32 Å². The average molecular weight is 346 g/mol. The summed E-state index contributed by atoms with van der Waals surface area (Å²) in [5.74, 6) is 1.61. The summed E-state index contributed by atoms with van der Waals surface area (Å²) in [5.41, 5.74) is 1.16. The van der Waals surface area contributed by atoms with Crippen LogP contribution >= 0.6 is 15.9 Å². The summed E-state index contributed by atoms with van der Waals surface area (Å²) in [7, 11) is 1.67. The van der Waals surface area contributed by atoms with Crippen LogP contribution in [0.2, 0.25) is 0 Å². The van der Waals surface area contributed by atoms with Crippen LogP contribution in [0, 0.1) is 0 Å². The van der Waals surface area contributed by atoms with E-state index in [-0.39, 0.29) is 0 Å². The highest BCUT2D eigenvalue weighted by molar-refractivity contribution is 9.10. The van der Waals surface area contributed by atoms with E-state index in [4.69, 9.17) is 18.9 Å². The van der Waals surface area contributed by atoms with E-state index in [0.29, 0.717) is 20.0 Å². The number of fused-ring (bicyclic) bond motifs is 1. The number of rotatable bonds is 9. The molecule has 0 fully saturated rings. The zero-order valence-electron chi connectivity index (χ0n) is 11.6. The molecule has 1 aliphatic rings. The Bertz CT molecular complexity index is 428. The molecule has 0 radical (unpaired) electrons. The van der Waals surface area contributed by atoms with Gasteiger partial charge in [0.05, 0.1) is 13.2 Å². The van der Waals surface area contributed by atoms with Crippen LogP contribution in [-0.2, 0) is 16.0 Å². The van der Waals surface area contributed by atoms with Crippen LogP contribution in [0.25, 0.3) is 0 Å². The Labute approximate surface area is 127 Å². The van der Waals surface area contributed by atoms with Crippen molar-refractivity contribution < 1.29 is 18.9 Å². The van der Waals surface area contributed by atoms with Gasteiger partial charge in [-0.05, 0) is 30.7 Å². The van der Waals surface area contributed by atoms with Crippen molar-refractivity contribution in [2.24, 2.45) is 0 Å². The molecule has 5 nitrogen and oxygen atoms in total. The van der Waals surface area contributed by atoms with Gasteiger partial charge in [-0.3, -0.25) is 0 Å². The van der Waals surface area contributed by atoms with Crippen LogP contribution in [0.15, 0.2) is 16.6 Å². The highest BCUT2D eigenvalue weighted by Crippen LogP contribution is 2.36. The molecule has 0 atom stereocenters. The van der Waals surface area contributed by atoms with Gasteiger partial charge in [-0.1, -0.05) is 15.9 Å². The average Bonchev–Trinajstić information content (AvgIpc) is 2.88. The molecule has 0 saturated carbocycles. The normalized spacial score (nSPS) is 12.9. The molecule has 1 aromatic carbocycles. The first kappa shape index (κ1) is 15.6. The first-order valence-electron chi connectivity index (χ1n) is 6.66. The smallest absolute Gasteiger partial charge is 0.231 e. The molecule has 0 unspecified atom stereocenters. The van der Waals surface area contributed by atoms with Crippen molar-refractivity contribution in [1.29, 1.82) is 0 Å². The van der Waals surface area contributed by atoms with Crippen LogP contribution < -0.4 is 14.8 Å². The Morgan fingerprint density at radius 3 is 2.80 bits per heavy atom. The van der Waals surface area contributed by atoms with Crippen LogP contribution in [0.5, 0.6) is 11.5 Å². The number of hydrogen-bond acceptors (Lipinski definition) is 5. The third kappa shape index (κ3) is 4.63. The maximum Gasteiger partial charge on any atom is 0.231 e. The monoisotopic (exact) mass is 345 g/mol. The van der Waals surface area contributed by atoms with E-state index in [9.17, 15) is 0 Å². The second-order valence-corrected chi connectivity index (χ2v) is 5.29. The molecule has 1 aromatic rings. The molecular formula is C14H20BrNO4. The van der Waals surface area contributed by atoms with Crippen LogP contribution in [-0.4, -0.2) is 40.3 Å². The Balaban J connectivity index is 1.64. The lowest BCUT2D eigenvalue weighted by Crippen LogP contribution is -2.17. The zero-order valence-corrected chi connectivity index (χ0v) is 13.2. The van der Waals surface area contributed by atoms with E-state index >= 15 is 0 Å². The van der Waals surface area contributed by atoms with E-state index in [1.165, 1.54) is 0 Å². The molecule has 0 saturated heterocycles. The van der Waals surface area contributed by atoms with Crippen molar-refractivity contribution in [2.75, 3.05) is 40.3 Å².